The Labute approximate surface area is 157 Å². The van der Waals surface area contributed by atoms with Crippen molar-refractivity contribution in [2.24, 2.45) is 0 Å². The number of carbonyl (C=O) groups excluding carboxylic acids is 2. The summed E-state index contributed by atoms with van der Waals surface area (Å²) in [5, 5.41) is 7.45. The number of hydrogen-bond acceptors (Lipinski definition) is 5. The van der Waals surface area contributed by atoms with Crippen molar-refractivity contribution in [2.45, 2.75) is 32.0 Å². The number of aryl methyl sites for hydroxylation is 1. The van der Waals surface area contributed by atoms with Crippen LogP contribution in [0.15, 0.2) is 36.9 Å². The van der Waals surface area contributed by atoms with E-state index < -0.39 is 0 Å². The van der Waals surface area contributed by atoms with E-state index in [0.717, 1.165) is 18.7 Å². The van der Waals surface area contributed by atoms with Crippen LogP contribution in [0.5, 0.6) is 0 Å². The zero-order valence-electron chi connectivity index (χ0n) is 15.5. The van der Waals surface area contributed by atoms with Gasteiger partial charge >= 0.3 is 0 Å². The number of anilines is 1. The minimum Gasteiger partial charge on any atom is -0.377 e. The van der Waals surface area contributed by atoms with Crippen molar-refractivity contribution >= 4 is 17.5 Å². The Kier molecular flexibility index (Phi) is 5.66. The van der Waals surface area contributed by atoms with Gasteiger partial charge < -0.3 is 15.0 Å². The van der Waals surface area contributed by atoms with Gasteiger partial charge in [0.1, 0.15) is 12.4 Å². The number of benzene rings is 1. The predicted octanol–water partition coefficient (Wildman–Crippen LogP) is 1.32. The SMILES string of the molecule is C=CC(=O)N(C)c1ccc(C(=O)NC2CCc3nc(COC)nn3C2)cc1. The van der Waals surface area contributed by atoms with Gasteiger partial charge in [0.05, 0.1) is 6.54 Å². The third-order valence-electron chi connectivity index (χ3n) is 4.53. The number of carbonyl (C=O) groups is 2. The minimum absolute atomic E-state index is 0.00760. The Bertz CT molecular complexity index is 844. The molecule has 142 valence electrons. The number of aromatic nitrogens is 3. The minimum atomic E-state index is -0.203. The second-order valence-corrected chi connectivity index (χ2v) is 6.42. The van der Waals surface area contributed by atoms with Gasteiger partial charge in [-0.25, -0.2) is 9.67 Å². The summed E-state index contributed by atoms with van der Waals surface area (Å²) in [6.45, 7) is 4.44. The number of methoxy groups -OCH3 is 1. The summed E-state index contributed by atoms with van der Waals surface area (Å²) in [5.41, 5.74) is 1.25. The van der Waals surface area contributed by atoms with Crippen molar-refractivity contribution in [3.05, 3.63) is 54.1 Å². The van der Waals surface area contributed by atoms with Gasteiger partial charge in [-0.05, 0) is 36.8 Å². The van der Waals surface area contributed by atoms with Gasteiger partial charge in [-0.3, -0.25) is 9.59 Å². The number of fused-ring (bicyclic) bond motifs is 1. The first-order valence-electron chi connectivity index (χ1n) is 8.74. The first-order chi connectivity index (χ1) is 13.0. The molecule has 1 aliphatic heterocycles. The molecule has 8 heteroatoms. The van der Waals surface area contributed by atoms with Crippen LogP contribution in [-0.2, 0) is 29.1 Å². The molecule has 0 fully saturated rings. The Hall–Kier alpha value is -3.00. The number of nitrogens with one attached hydrogen (secondary N) is 1. The summed E-state index contributed by atoms with van der Waals surface area (Å²) in [6.07, 6.45) is 2.82. The standard InChI is InChI=1S/C19H23N5O3/c1-4-18(25)23(2)15-8-5-13(6-9-15)19(26)20-14-7-10-17-21-16(12-27-3)22-24(17)11-14/h4-6,8-9,14H,1,7,10-12H2,2-3H3,(H,20,26). The van der Waals surface area contributed by atoms with E-state index in [2.05, 4.69) is 22.0 Å². The molecule has 0 radical (unpaired) electrons. The van der Waals surface area contributed by atoms with Crippen molar-refractivity contribution in [1.82, 2.24) is 20.1 Å². The molecule has 8 nitrogen and oxygen atoms in total. The monoisotopic (exact) mass is 369 g/mol. The van der Waals surface area contributed by atoms with E-state index in [0.29, 0.717) is 30.2 Å². The molecule has 1 aliphatic rings. The smallest absolute Gasteiger partial charge is 0.251 e. The zero-order chi connectivity index (χ0) is 19.4. The maximum Gasteiger partial charge on any atom is 0.251 e. The Morgan fingerprint density at radius 3 is 2.81 bits per heavy atom. The summed E-state index contributed by atoms with van der Waals surface area (Å²) in [4.78, 5) is 30.1. The van der Waals surface area contributed by atoms with Crippen LogP contribution in [0.25, 0.3) is 0 Å². The fourth-order valence-corrected chi connectivity index (χ4v) is 3.04. The van der Waals surface area contributed by atoms with E-state index in [-0.39, 0.29) is 17.9 Å². The summed E-state index contributed by atoms with van der Waals surface area (Å²) in [7, 11) is 3.27. The highest BCUT2D eigenvalue weighted by Crippen LogP contribution is 2.16. The van der Waals surface area contributed by atoms with Crippen LogP contribution >= 0.6 is 0 Å². The van der Waals surface area contributed by atoms with Crippen LogP contribution in [0, 0.1) is 0 Å². The zero-order valence-corrected chi connectivity index (χ0v) is 15.5. The van der Waals surface area contributed by atoms with Crippen molar-refractivity contribution < 1.29 is 14.3 Å². The molecule has 0 spiro atoms. The molecule has 2 amide bonds. The van der Waals surface area contributed by atoms with Crippen molar-refractivity contribution in [3.63, 3.8) is 0 Å². The van der Waals surface area contributed by atoms with Gasteiger partial charge in [0.2, 0.25) is 5.91 Å². The maximum atomic E-state index is 12.5. The summed E-state index contributed by atoms with van der Waals surface area (Å²) in [5.74, 6) is 1.23. The summed E-state index contributed by atoms with van der Waals surface area (Å²) in [6, 6.07) is 6.88. The summed E-state index contributed by atoms with van der Waals surface area (Å²) >= 11 is 0. The second kappa shape index (κ2) is 8.13. The van der Waals surface area contributed by atoms with Crippen LogP contribution in [0.2, 0.25) is 0 Å². The van der Waals surface area contributed by atoms with Crippen LogP contribution in [0.1, 0.15) is 28.4 Å². The molecule has 0 aliphatic carbocycles. The number of likely N-dealkylation sites (N-methyl/N-ethyl adjacent to an activating group) is 1. The topological polar surface area (TPSA) is 89.3 Å². The molecular formula is C19H23N5O3. The highest BCUT2D eigenvalue weighted by Gasteiger charge is 2.23. The average molecular weight is 369 g/mol. The third kappa shape index (κ3) is 4.22. The molecule has 0 saturated heterocycles. The summed E-state index contributed by atoms with van der Waals surface area (Å²) < 4.78 is 6.90. The number of nitrogens with zero attached hydrogens (tertiary/aromatic N) is 4. The normalized spacial score (nSPS) is 15.7. The second-order valence-electron chi connectivity index (χ2n) is 6.42. The van der Waals surface area contributed by atoms with Gasteiger partial charge in [-0.1, -0.05) is 6.58 Å². The number of hydrogen-bond donors (Lipinski definition) is 1. The van der Waals surface area contributed by atoms with Gasteiger partial charge in [0.25, 0.3) is 5.91 Å². The van der Waals surface area contributed by atoms with E-state index in [1.807, 2.05) is 4.68 Å². The first kappa shape index (κ1) is 18.8. The molecule has 1 atom stereocenters. The lowest BCUT2D eigenvalue weighted by molar-refractivity contribution is -0.113. The number of amides is 2. The fraction of sp³-hybridized carbons (Fsp3) is 0.368. The lowest BCUT2D eigenvalue weighted by atomic mass is 10.1. The van der Waals surface area contributed by atoms with Crippen molar-refractivity contribution in [3.8, 4) is 0 Å². The Morgan fingerprint density at radius 1 is 1.41 bits per heavy atom. The van der Waals surface area contributed by atoms with E-state index in [4.69, 9.17) is 4.74 Å². The quantitative estimate of drug-likeness (QED) is 0.776. The molecule has 2 aromatic rings. The van der Waals surface area contributed by atoms with E-state index in [1.54, 1.807) is 38.4 Å². The molecule has 3 rings (SSSR count). The van der Waals surface area contributed by atoms with Crippen molar-refractivity contribution in [2.75, 3.05) is 19.1 Å². The lowest BCUT2D eigenvalue weighted by Crippen LogP contribution is -2.41. The molecule has 1 aromatic carbocycles. The average Bonchev–Trinajstić information content (AvgIpc) is 3.08. The third-order valence-corrected chi connectivity index (χ3v) is 4.53. The lowest BCUT2D eigenvalue weighted by Gasteiger charge is -2.23. The van der Waals surface area contributed by atoms with Crippen LogP contribution in [0.4, 0.5) is 5.69 Å². The Morgan fingerprint density at radius 2 is 2.15 bits per heavy atom. The van der Waals surface area contributed by atoms with E-state index in [1.165, 1.54) is 11.0 Å². The molecular weight excluding hydrogens is 346 g/mol. The van der Waals surface area contributed by atoms with Crippen LogP contribution in [0.3, 0.4) is 0 Å². The molecule has 1 unspecified atom stereocenters. The van der Waals surface area contributed by atoms with Crippen LogP contribution in [-0.4, -0.2) is 46.8 Å². The molecule has 1 N–H and O–H groups in total. The molecule has 2 heterocycles. The maximum absolute atomic E-state index is 12.5. The first-order valence-corrected chi connectivity index (χ1v) is 8.74. The largest absolute Gasteiger partial charge is 0.377 e. The molecule has 1 aromatic heterocycles. The van der Waals surface area contributed by atoms with E-state index in [9.17, 15) is 9.59 Å². The molecule has 0 bridgehead atoms. The predicted molar refractivity (Wildman–Crippen MR) is 100 cm³/mol. The highest BCUT2D eigenvalue weighted by molar-refractivity contribution is 6.01. The van der Waals surface area contributed by atoms with Crippen molar-refractivity contribution in [1.29, 1.82) is 0 Å². The highest BCUT2D eigenvalue weighted by atomic mass is 16.5. The van der Waals surface area contributed by atoms with E-state index >= 15 is 0 Å². The number of rotatable bonds is 6. The molecule has 27 heavy (non-hydrogen) atoms. The van der Waals surface area contributed by atoms with Crippen LogP contribution < -0.4 is 10.2 Å². The van der Waals surface area contributed by atoms with Gasteiger partial charge in [-0.15, -0.1) is 0 Å². The van der Waals surface area contributed by atoms with Gasteiger partial charge in [-0.2, -0.15) is 5.10 Å². The number of ether oxygens (including phenoxy) is 1. The van der Waals surface area contributed by atoms with Gasteiger partial charge in [0.15, 0.2) is 5.82 Å². The molecule has 0 saturated carbocycles. The van der Waals surface area contributed by atoms with Gasteiger partial charge in [0, 0.05) is 37.9 Å². The Balaban J connectivity index is 1.62. The fourth-order valence-electron chi connectivity index (χ4n) is 3.04.